The molecule has 1 aromatic carbocycles. The van der Waals surface area contributed by atoms with Crippen LogP contribution in [0.4, 0.5) is 0 Å². The van der Waals surface area contributed by atoms with Crippen LogP contribution in [0.2, 0.25) is 36.3 Å². The molecule has 0 aromatic heterocycles. The normalized spacial score (nSPS) is 18.8. The average Bonchev–Trinajstić information content (AvgIpc) is 3.19. The van der Waals surface area contributed by atoms with Gasteiger partial charge in [0.25, 0.3) is 0 Å². The van der Waals surface area contributed by atoms with Crippen LogP contribution in [0.15, 0.2) is 53.8 Å². The number of ketones is 1. The zero-order chi connectivity index (χ0) is 34.1. The van der Waals surface area contributed by atoms with Crippen LogP contribution in [0.3, 0.4) is 0 Å². The molecule has 6 nitrogen and oxygen atoms in total. The number of carboxylic acid groups (broad SMARTS) is 1. The first kappa shape index (κ1) is 39.1. The van der Waals surface area contributed by atoms with Crippen molar-refractivity contribution in [3.8, 4) is 0 Å². The van der Waals surface area contributed by atoms with Crippen molar-refractivity contribution in [2.75, 3.05) is 7.11 Å². The number of allylic oxidation sites excluding steroid dienone is 2. The molecule has 0 heterocycles. The maximum Gasteiger partial charge on any atom is 0.303 e. The van der Waals surface area contributed by atoms with Gasteiger partial charge in [-0.15, -0.1) is 5.73 Å². The first-order valence-electron chi connectivity index (χ1n) is 16.6. The Morgan fingerprint density at radius 3 is 2.29 bits per heavy atom. The van der Waals surface area contributed by atoms with Gasteiger partial charge in [0.2, 0.25) is 0 Å². The lowest BCUT2D eigenvalue weighted by Crippen LogP contribution is -2.44. The lowest BCUT2D eigenvalue weighted by Gasteiger charge is -2.39. The average molecular weight is 657 g/mol. The highest BCUT2D eigenvalue weighted by molar-refractivity contribution is 6.74. The van der Waals surface area contributed by atoms with Crippen molar-refractivity contribution in [2.45, 2.75) is 142 Å². The Bertz CT molecular complexity index is 1230. The molecule has 0 bridgehead atoms. The van der Waals surface area contributed by atoms with E-state index in [1.54, 1.807) is 7.11 Å². The molecule has 1 fully saturated rings. The Labute approximate surface area is 275 Å². The molecule has 1 saturated carbocycles. The Balaban J connectivity index is 2.48. The summed E-state index contributed by atoms with van der Waals surface area (Å²) in [6.45, 7) is 23.0. The van der Waals surface area contributed by atoms with E-state index in [0.29, 0.717) is 32.3 Å². The second-order valence-electron chi connectivity index (χ2n) is 15.6. The van der Waals surface area contributed by atoms with Crippen LogP contribution in [0.5, 0.6) is 0 Å². The molecule has 0 radical (unpaired) electrons. The van der Waals surface area contributed by atoms with Crippen molar-refractivity contribution in [3.63, 3.8) is 0 Å². The number of carbonyl (C=O) groups excluding carboxylic acids is 1. The van der Waals surface area contributed by atoms with Crippen LogP contribution in [-0.4, -0.2) is 52.8 Å². The van der Waals surface area contributed by atoms with Gasteiger partial charge in [-0.1, -0.05) is 78.0 Å². The Morgan fingerprint density at radius 2 is 1.69 bits per heavy atom. The number of rotatable bonds is 16. The summed E-state index contributed by atoms with van der Waals surface area (Å²) in [4.78, 5) is 24.3. The van der Waals surface area contributed by atoms with E-state index in [0.717, 1.165) is 24.0 Å². The molecule has 252 valence electrons. The summed E-state index contributed by atoms with van der Waals surface area (Å²) < 4.78 is 19.2. The number of aryl methyl sites for hydroxylation is 1. The van der Waals surface area contributed by atoms with Gasteiger partial charge in [0.15, 0.2) is 16.6 Å². The molecule has 0 spiro atoms. The van der Waals surface area contributed by atoms with E-state index in [1.165, 1.54) is 5.56 Å². The van der Waals surface area contributed by atoms with Gasteiger partial charge in [0.05, 0.1) is 24.7 Å². The van der Waals surface area contributed by atoms with Crippen molar-refractivity contribution in [3.05, 3.63) is 64.9 Å². The number of ether oxygens (including phenoxy) is 1. The highest BCUT2D eigenvalue weighted by Gasteiger charge is 2.45. The number of Topliss-reactive ketones (excluding diaryl/α,β-unsaturated/α-hetero) is 1. The van der Waals surface area contributed by atoms with Gasteiger partial charge in [0, 0.05) is 25.5 Å². The minimum atomic E-state index is -2.16. The topological polar surface area (TPSA) is 82.1 Å². The number of hydrogen-bond acceptors (Lipinski definition) is 5. The number of aliphatic carboxylic acids is 1. The number of carboxylic acids is 1. The summed E-state index contributed by atoms with van der Waals surface area (Å²) in [6.07, 6.45) is 9.66. The summed E-state index contributed by atoms with van der Waals surface area (Å²) in [5.74, 6) is -0.903. The molecule has 1 N–H and O–H groups in total. The number of unbranched alkanes of at least 4 members (excludes halogenated alkanes) is 1. The molecule has 0 unspecified atom stereocenters. The molecular formula is C37H60O6Si2. The van der Waals surface area contributed by atoms with Crippen LogP contribution in [-0.2, 0) is 36.2 Å². The second kappa shape index (κ2) is 16.7. The zero-order valence-corrected chi connectivity index (χ0v) is 31.9. The van der Waals surface area contributed by atoms with Crippen LogP contribution in [0.25, 0.3) is 0 Å². The largest absolute Gasteiger partial charge is 0.481 e. The molecule has 1 aromatic rings. The van der Waals surface area contributed by atoms with E-state index in [-0.39, 0.29) is 40.4 Å². The summed E-state index contributed by atoms with van der Waals surface area (Å²) in [7, 11) is -2.55. The summed E-state index contributed by atoms with van der Waals surface area (Å²) in [5.41, 5.74) is 6.95. The van der Waals surface area contributed by atoms with Gasteiger partial charge >= 0.3 is 5.97 Å². The Kier molecular flexibility index (Phi) is 14.5. The SMILES string of the molecule is COCc1cccc(CC[C@@H](C=C=C2[C@@H](C/C=C\CCCC(=O)O)C(=O)C[C@H]2O[Si](C)(C)C(C)(C)C)O[Si](C)(C)C(C)(C)C)c1. The zero-order valence-electron chi connectivity index (χ0n) is 29.9. The highest BCUT2D eigenvalue weighted by atomic mass is 28.4. The number of hydrogen-bond donors (Lipinski definition) is 1. The third-order valence-electron chi connectivity index (χ3n) is 9.75. The molecule has 2 rings (SSSR count). The van der Waals surface area contributed by atoms with Gasteiger partial charge in [0.1, 0.15) is 5.78 Å². The third kappa shape index (κ3) is 12.2. The smallest absolute Gasteiger partial charge is 0.303 e. The molecule has 1 aliphatic carbocycles. The molecule has 3 atom stereocenters. The highest BCUT2D eigenvalue weighted by Crippen LogP contribution is 2.42. The van der Waals surface area contributed by atoms with Crippen molar-refractivity contribution >= 4 is 28.4 Å². The van der Waals surface area contributed by atoms with Gasteiger partial charge in [-0.05, 0) is 85.6 Å². The van der Waals surface area contributed by atoms with Crippen LogP contribution < -0.4 is 0 Å². The van der Waals surface area contributed by atoms with Gasteiger partial charge < -0.3 is 18.7 Å². The van der Waals surface area contributed by atoms with E-state index >= 15 is 0 Å². The molecule has 0 saturated heterocycles. The standard InChI is InChI=1S/C37H60O6Si2/c1-36(2,3)44(8,9)42-30(22-21-28-17-16-18-29(25-28)27-41-7)23-24-32-31(19-14-12-13-15-20-35(39)40)33(38)26-34(32)43-45(10,11)37(4,5)6/h12,14,16-18,23,25,30-31,34H,13,15,19-22,26-27H2,1-11H3,(H,39,40)/b14-12-/t24?,30-,31+,34+/m0/s1. The number of carbonyl (C=O) groups is 2. The quantitative estimate of drug-likeness (QED) is 0.0826. The summed E-state index contributed by atoms with van der Waals surface area (Å²) in [5, 5.41) is 9.00. The van der Waals surface area contributed by atoms with Crippen LogP contribution >= 0.6 is 0 Å². The Morgan fingerprint density at radius 1 is 1.04 bits per heavy atom. The molecular weight excluding hydrogens is 597 g/mol. The number of methoxy groups -OCH3 is 1. The molecule has 0 aliphatic heterocycles. The molecule has 0 amide bonds. The Hall–Kier alpha value is -2.07. The maximum absolute atomic E-state index is 13.5. The fourth-order valence-electron chi connectivity index (χ4n) is 4.91. The van der Waals surface area contributed by atoms with E-state index in [4.69, 9.17) is 18.7 Å². The van der Waals surface area contributed by atoms with Crippen molar-refractivity contribution in [2.24, 2.45) is 5.92 Å². The minimum Gasteiger partial charge on any atom is -0.481 e. The molecule has 45 heavy (non-hydrogen) atoms. The summed E-state index contributed by atoms with van der Waals surface area (Å²) in [6, 6.07) is 8.52. The van der Waals surface area contributed by atoms with Crippen LogP contribution in [0.1, 0.15) is 91.2 Å². The van der Waals surface area contributed by atoms with E-state index in [9.17, 15) is 9.59 Å². The summed E-state index contributed by atoms with van der Waals surface area (Å²) >= 11 is 0. The van der Waals surface area contributed by atoms with Crippen molar-refractivity contribution in [1.29, 1.82) is 0 Å². The lowest BCUT2D eigenvalue weighted by atomic mass is 9.97. The van der Waals surface area contributed by atoms with E-state index in [1.807, 2.05) is 12.2 Å². The van der Waals surface area contributed by atoms with Crippen LogP contribution in [0, 0.1) is 5.92 Å². The van der Waals surface area contributed by atoms with Gasteiger partial charge in [-0.3, -0.25) is 9.59 Å². The predicted octanol–water partition coefficient (Wildman–Crippen LogP) is 9.42. The van der Waals surface area contributed by atoms with E-state index in [2.05, 4.69) is 104 Å². The minimum absolute atomic E-state index is 0.0122. The first-order chi connectivity index (χ1) is 20.8. The van der Waals surface area contributed by atoms with Crippen molar-refractivity contribution in [1.82, 2.24) is 0 Å². The number of benzene rings is 1. The fourth-order valence-corrected chi connectivity index (χ4v) is 7.49. The fraction of sp³-hybridized carbons (Fsp3) is 0.649. The van der Waals surface area contributed by atoms with Crippen molar-refractivity contribution < 1.29 is 28.3 Å². The van der Waals surface area contributed by atoms with E-state index < -0.39 is 22.6 Å². The first-order valence-corrected chi connectivity index (χ1v) is 22.4. The van der Waals surface area contributed by atoms with Gasteiger partial charge in [-0.25, -0.2) is 0 Å². The molecule has 1 aliphatic rings. The maximum atomic E-state index is 13.5. The third-order valence-corrected chi connectivity index (χ3v) is 18.7. The molecule has 8 heteroatoms. The van der Waals surface area contributed by atoms with Gasteiger partial charge in [-0.2, -0.15) is 0 Å². The second-order valence-corrected chi connectivity index (χ2v) is 25.1. The lowest BCUT2D eigenvalue weighted by molar-refractivity contribution is -0.137. The predicted molar refractivity (Wildman–Crippen MR) is 190 cm³/mol. The monoisotopic (exact) mass is 656 g/mol.